The second kappa shape index (κ2) is 5.66. The summed E-state index contributed by atoms with van der Waals surface area (Å²) in [5.74, 6) is 2.87. The maximum atomic E-state index is 13.1. The maximum absolute atomic E-state index is 13.1. The van der Waals surface area contributed by atoms with E-state index >= 15 is 0 Å². The molecule has 1 aromatic carbocycles. The number of nitro groups is 1. The molecule has 4 atom stereocenters. The highest BCUT2D eigenvalue weighted by molar-refractivity contribution is 7.89. The summed E-state index contributed by atoms with van der Waals surface area (Å²) in [7, 11) is -3.71. The van der Waals surface area contributed by atoms with Crippen LogP contribution in [-0.2, 0) is 10.0 Å². The molecule has 4 aliphatic rings. The lowest BCUT2D eigenvalue weighted by molar-refractivity contribution is -0.385. The van der Waals surface area contributed by atoms with E-state index in [1.165, 1.54) is 35.7 Å². The molecule has 140 valence electrons. The Morgan fingerprint density at radius 2 is 1.77 bits per heavy atom. The molecular weight excluding hydrogens is 354 g/mol. The summed E-state index contributed by atoms with van der Waals surface area (Å²) in [5, 5.41) is 14.6. The van der Waals surface area contributed by atoms with E-state index < -0.39 is 14.9 Å². The fraction of sp³-hybridized carbons (Fsp3) is 0.667. The van der Waals surface area contributed by atoms with Crippen molar-refractivity contribution < 1.29 is 13.3 Å². The van der Waals surface area contributed by atoms with Crippen molar-refractivity contribution in [3.05, 3.63) is 28.3 Å². The minimum Gasteiger partial charge on any atom is -0.381 e. The SMILES string of the molecule is O=[N+]([O-])c1ccc(NC2C3C4CCC(C4)C23)c(S(=O)(=O)N2CCCC2)c1. The van der Waals surface area contributed by atoms with Crippen LogP contribution >= 0.6 is 0 Å². The third-order valence-electron chi connectivity index (χ3n) is 6.92. The summed E-state index contributed by atoms with van der Waals surface area (Å²) >= 11 is 0. The van der Waals surface area contributed by atoms with Crippen LogP contribution in [-0.4, -0.2) is 36.8 Å². The quantitative estimate of drug-likeness (QED) is 0.629. The van der Waals surface area contributed by atoms with Crippen molar-refractivity contribution in [2.75, 3.05) is 18.4 Å². The van der Waals surface area contributed by atoms with Crippen LogP contribution in [0.5, 0.6) is 0 Å². The van der Waals surface area contributed by atoms with Gasteiger partial charge < -0.3 is 5.32 Å². The fourth-order valence-electron chi connectivity index (χ4n) is 5.72. The van der Waals surface area contributed by atoms with Gasteiger partial charge in [0, 0.05) is 31.3 Å². The summed E-state index contributed by atoms with van der Waals surface area (Å²) in [5.41, 5.74) is 0.352. The molecule has 1 N–H and O–H groups in total. The van der Waals surface area contributed by atoms with Gasteiger partial charge in [0.15, 0.2) is 0 Å². The molecule has 0 aromatic heterocycles. The van der Waals surface area contributed by atoms with Crippen LogP contribution in [0.15, 0.2) is 23.1 Å². The largest absolute Gasteiger partial charge is 0.381 e. The number of non-ortho nitro benzene ring substituents is 1. The Kier molecular flexibility index (Phi) is 3.59. The number of fused-ring (bicyclic) bond motifs is 5. The predicted octanol–water partition coefficient (Wildman–Crippen LogP) is 2.84. The molecule has 1 saturated heterocycles. The zero-order valence-corrected chi connectivity index (χ0v) is 15.3. The van der Waals surface area contributed by atoms with Gasteiger partial charge in [0.1, 0.15) is 4.90 Å². The first-order chi connectivity index (χ1) is 12.5. The summed E-state index contributed by atoms with van der Waals surface area (Å²) in [6, 6.07) is 4.54. The van der Waals surface area contributed by atoms with Crippen molar-refractivity contribution in [3.63, 3.8) is 0 Å². The minimum atomic E-state index is -3.71. The van der Waals surface area contributed by atoms with Crippen molar-refractivity contribution in [2.45, 2.75) is 43.0 Å². The number of hydrogen-bond acceptors (Lipinski definition) is 5. The fourth-order valence-corrected chi connectivity index (χ4v) is 7.41. The zero-order valence-electron chi connectivity index (χ0n) is 14.5. The van der Waals surface area contributed by atoms with E-state index in [2.05, 4.69) is 5.32 Å². The van der Waals surface area contributed by atoms with E-state index in [0.29, 0.717) is 36.7 Å². The third-order valence-corrected chi connectivity index (χ3v) is 8.85. The molecular formula is C18H23N3O4S. The van der Waals surface area contributed by atoms with Gasteiger partial charge in [-0.05, 0) is 61.8 Å². The molecule has 3 aliphatic carbocycles. The van der Waals surface area contributed by atoms with Gasteiger partial charge in [-0.2, -0.15) is 4.31 Å². The summed E-state index contributed by atoms with van der Waals surface area (Å²) in [4.78, 5) is 10.7. The Bertz CT molecular complexity index is 849. The first kappa shape index (κ1) is 16.5. The Hall–Kier alpha value is -1.67. The predicted molar refractivity (Wildman–Crippen MR) is 96.3 cm³/mol. The number of sulfonamides is 1. The molecule has 0 amide bonds. The van der Waals surface area contributed by atoms with Gasteiger partial charge in [0.05, 0.1) is 10.6 Å². The third kappa shape index (κ3) is 2.38. The number of benzene rings is 1. The molecule has 8 heteroatoms. The normalized spacial score (nSPS) is 35.5. The van der Waals surface area contributed by atoms with E-state index in [-0.39, 0.29) is 10.6 Å². The monoisotopic (exact) mass is 377 g/mol. The Morgan fingerprint density at radius 1 is 1.12 bits per heavy atom. The van der Waals surface area contributed by atoms with Crippen LogP contribution < -0.4 is 5.32 Å². The average Bonchev–Trinajstić information content (AvgIpc) is 3.09. The summed E-state index contributed by atoms with van der Waals surface area (Å²) in [6.45, 7) is 0.979. The van der Waals surface area contributed by atoms with Gasteiger partial charge >= 0.3 is 0 Å². The van der Waals surface area contributed by atoms with Crippen LogP contribution in [0.1, 0.15) is 32.1 Å². The second-order valence-corrected chi connectivity index (χ2v) is 10.1. The van der Waals surface area contributed by atoms with E-state index in [0.717, 1.165) is 24.7 Å². The molecule has 0 spiro atoms. The molecule has 7 nitrogen and oxygen atoms in total. The average molecular weight is 377 g/mol. The van der Waals surface area contributed by atoms with Gasteiger partial charge in [0.25, 0.3) is 5.69 Å². The first-order valence-electron chi connectivity index (χ1n) is 9.52. The first-order valence-corrected chi connectivity index (χ1v) is 11.0. The maximum Gasteiger partial charge on any atom is 0.270 e. The molecule has 26 heavy (non-hydrogen) atoms. The highest BCUT2D eigenvalue weighted by atomic mass is 32.2. The molecule has 1 aliphatic heterocycles. The van der Waals surface area contributed by atoms with Crippen LogP contribution in [0.2, 0.25) is 0 Å². The number of anilines is 1. The van der Waals surface area contributed by atoms with E-state index in [1.54, 1.807) is 6.07 Å². The summed E-state index contributed by atoms with van der Waals surface area (Å²) < 4.78 is 27.6. The topological polar surface area (TPSA) is 92.5 Å². The lowest BCUT2D eigenvalue weighted by atomic mass is 10.0. The number of nitrogens with zero attached hydrogens (tertiary/aromatic N) is 2. The van der Waals surface area contributed by atoms with E-state index in [4.69, 9.17) is 0 Å². The molecule has 2 bridgehead atoms. The Labute approximate surface area is 153 Å². The van der Waals surface area contributed by atoms with Crippen molar-refractivity contribution in [1.29, 1.82) is 0 Å². The van der Waals surface area contributed by atoms with Crippen molar-refractivity contribution in [1.82, 2.24) is 4.31 Å². The molecule has 4 unspecified atom stereocenters. The summed E-state index contributed by atoms with van der Waals surface area (Å²) in [6.07, 6.45) is 5.60. The van der Waals surface area contributed by atoms with E-state index in [1.807, 2.05) is 0 Å². The van der Waals surface area contributed by atoms with Gasteiger partial charge in [-0.1, -0.05) is 0 Å². The second-order valence-electron chi connectivity index (χ2n) is 8.21. The molecule has 1 heterocycles. The van der Waals surface area contributed by atoms with Crippen LogP contribution in [0, 0.1) is 33.8 Å². The highest BCUT2D eigenvalue weighted by Gasteiger charge is 2.65. The molecule has 0 radical (unpaired) electrons. The number of rotatable bonds is 5. The number of hydrogen-bond donors (Lipinski definition) is 1. The van der Waals surface area contributed by atoms with Crippen molar-refractivity contribution in [2.24, 2.45) is 23.7 Å². The van der Waals surface area contributed by atoms with Gasteiger partial charge in [0.2, 0.25) is 10.0 Å². The smallest absolute Gasteiger partial charge is 0.270 e. The molecule has 4 fully saturated rings. The Morgan fingerprint density at radius 3 is 2.38 bits per heavy atom. The van der Waals surface area contributed by atoms with Crippen molar-refractivity contribution in [3.8, 4) is 0 Å². The van der Waals surface area contributed by atoms with Gasteiger partial charge in [-0.15, -0.1) is 0 Å². The van der Waals surface area contributed by atoms with Gasteiger partial charge in [-0.3, -0.25) is 10.1 Å². The lowest BCUT2D eigenvalue weighted by Gasteiger charge is -2.20. The van der Waals surface area contributed by atoms with Crippen molar-refractivity contribution >= 4 is 21.4 Å². The Balaban J connectivity index is 1.48. The van der Waals surface area contributed by atoms with Crippen LogP contribution in [0.4, 0.5) is 11.4 Å². The van der Waals surface area contributed by atoms with Crippen LogP contribution in [0.3, 0.4) is 0 Å². The zero-order chi connectivity index (χ0) is 18.1. The number of nitrogens with one attached hydrogen (secondary N) is 1. The lowest BCUT2D eigenvalue weighted by Crippen LogP contribution is -2.29. The minimum absolute atomic E-state index is 0.0610. The molecule has 5 rings (SSSR count). The van der Waals surface area contributed by atoms with Gasteiger partial charge in [-0.25, -0.2) is 8.42 Å². The number of nitro benzene ring substituents is 1. The standard InChI is InChI=1S/C18H23N3O4S/c22-21(23)13-5-6-14(15(10-13)26(24,25)20-7-1-2-8-20)19-18-16-11-3-4-12(9-11)17(16)18/h5-6,10-12,16-19H,1-4,7-9H2. The highest BCUT2D eigenvalue weighted by Crippen LogP contribution is 2.66. The van der Waals surface area contributed by atoms with E-state index in [9.17, 15) is 18.5 Å². The van der Waals surface area contributed by atoms with Crippen LogP contribution in [0.25, 0.3) is 0 Å². The molecule has 3 saturated carbocycles. The molecule has 1 aromatic rings.